The summed E-state index contributed by atoms with van der Waals surface area (Å²) in [7, 11) is 0. The van der Waals surface area contributed by atoms with Gasteiger partial charge in [0, 0.05) is 18.4 Å². The number of aliphatic carboxylic acids is 1. The Morgan fingerprint density at radius 1 is 1.25 bits per heavy atom. The van der Waals surface area contributed by atoms with Crippen LogP contribution in [0.15, 0.2) is 47.7 Å². The summed E-state index contributed by atoms with van der Waals surface area (Å²) < 4.78 is 0. The number of carbonyl (C=O) groups excluding carboxylic acids is 1. The van der Waals surface area contributed by atoms with Crippen molar-refractivity contribution >= 4 is 17.6 Å². The number of carbonyl (C=O) groups is 2. The Bertz CT molecular complexity index is 651. The predicted octanol–water partition coefficient (Wildman–Crippen LogP) is 0.995. The lowest BCUT2D eigenvalue weighted by atomic mass is 10.0. The molecule has 6 heteroatoms. The minimum Gasteiger partial charge on any atom is -0.478 e. The van der Waals surface area contributed by atoms with Crippen LogP contribution < -0.4 is 10.6 Å². The zero-order chi connectivity index (χ0) is 14.5. The quantitative estimate of drug-likeness (QED) is 0.759. The van der Waals surface area contributed by atoms with Crippen molar-refractivity contribution in [1.82, 2.24) is 5.32 Å². The van der Waals surface area contributed by atoms with Crippen LogP contribution in [-0.4, -0.2) is 23.5 Å². The van der Waals surface area contributed by atoms with Crippen LogP contribution in [0.4, 0.5) is 5.69 Å². The molecule has 20 heavy (non-hydrogen) atoms. The molecule has 0 radical (unpaired) electrons. The topological polar surface area (TPSA) is 102 Å². The van der Waals surface area contributed by atoms with E-state index in [4.69, 9.17) is 10.4 Å². The Morgan fingerprint density at radius 2 is 1.95 bits per heavy atom. The zero-order valence-electron chi connectivity index (χ0n) is 10.4. The number of rotatable bonds is 3. The van der Waals surface area contributed by atoms with Gasteiger partial charge < -0.3 is 15.7 Å². The van der Waals surface area contributed by atoms with E-state index < -0.39 is 11.9 Å². The van der Waals surface area contributed by atoms with Gasteiger partial charge in [0.2, 0.25) is 0 Å². The van der Waals surface area contributed by atoms with Crippen LogP contribution in [0.5, 0.6) is 0 Å². The Kier molecular flexibility index (Phi) is 3.82. The van der Waals surface area contributed by atoms with Crippen LogP contribution in [-0.2, 0) is 9.59 Å². The maximum atomic E-state index is 12.0. The largest absolute Gasteiger partial charge is 0.478 e. The van der Waals surface area contributed by atoms with Gasteiger partial charge in [-0.3, -0.25) is 4.79 Å². The van der Waals surface area contributed by atoms with Gasteiger partial charge in [0.25, 0.3) is 5.91 Å². The lowest BCUT2D eigenvalue weighted by molar-refractivity contribution is -0.132. The molecule has 0 spiro atoms. The Balaban J connectivity index is 2.15. The van der Waals surface area contributed by atoms with Crippen molar-refractivity contribution in [2.24, 2.45) is 0 Å². The second kappa shape index (κ2) is 5.71. The highest BCUT2D eigenvalue weighted by molar-refractivity contribution is 6.13. The number of anilines is 1. The van der Waals surface area contributed by atoms with E-state index in [1.807, 2.05) is 6.07 Å². The van der Waals surface area contributed by atoms with Gasteiger partial charge in [0.1, 0.15) is 0 Å². The molecular weight excluding hydrogens is 258 g/mol. The summed E-state index contributed by atoms with van der Waals surface area (Å²) in [5.41, 5.74) is 1.00. The number of carboxylic acid groups (broad SMARTS) is 1. The van der Waals surface area contributed by atoms with E-state index in [1.165, 1.54) is 12.3 Å². The number of benzene rings is 1. The average Bonchev–Trinajstić information content (AvgIpc) is 2.48. The molecule has 0 saturated heterocycles. The van der Waals surface area contributed by atoms with E-state index in [0.717, 1.165) is 0 Å². The maximum absolute atomic E-state index is 12.0. The molecule has 1 aromatic carbocycles. The van der Waals surface area contributed by atoms with Gasteiger partial charge in [-0.15, -0.1) is 0 Å². The summed E-state index contributed by atoms with van der Waals surface area (Å²) in [6, 6.07) is 8.27. The number of amides is 1. The highest BCUT2D eigenvalue weighted by Crippen LogP contribution is 2.16. The first-order valence-corrected chi connectivity index (χ1v) is 5.80. The van der Waals surface area contributed by atoms with Crippen molar-refractivity contribution in [3.05, 3.63) is 53.3 Å². The summed E-state index contributed by atoms with van der Waals surface area (Å²) >= 11 is 0. The monoisotopic (exact) mass is 269 g/mol. The number of carboxylic acids is 1. The van der Waals surface area contributed by atoms with Crippen molar-refractivity contribution in [3.8, 4) is 6.07 Å². The molecule has 0 fully saturated rings. The van der Waals surface area contributed by atoms with Crippen molar-refractivity contribution in [1.29, 1.82) is 5.26 Å². The van der Waals surface area contributed by atoms with Gasteiger partial charge in [-0.1, -0.05) is 6.08 Å². The number of hydrogen-bond acceptors (Lipinski definition) is 4. The molecule has 1 heterocycles. The molecule has 1 amide bonds. The first-order chi connectivity index (χ1) is 9.61. The third-order valence-corrected chi connectivity index (χ3v) is 2.71. The fourth-order valence-corrected chi connectivity index (χ4v) is 1.73. The number of nitrogens with zero attached hydrogens (tertiary/aromatic N) is 1. The fraction of sp³-hybridized carbons (Fsp3) is 0.0714. The molecule has 2 rings (SSSR count). The fourth-order valence-electron chi connectivity index (χ4n) is 1.73. The summed E-state index contributed by atoms with van der Waals surface area (Å²) in [6.07, 6.45) is 2.82. The van der Waals surface area contributed by atoms with Gasteiger partial charge >= 0.3 is 5.97 Å². The van der Waals surface area contributed by atoms with E-state index in [1.54, 1.807) is 24.3 Å². The second-order valence-corrected chi connectivity index (χ2v) is 4.03. The zero-order valence-corrected chi connectivity index (χ0v) is 10.4. The van der Waals surface area contributed by atoms with E-state index >= 15 is 0 Å². The third-order valence-electron chi connectivity index (χ3n) is 2.71. The van der Waals surface area contributed by atoms with Crippen LogP contribution in [0.3, 0.4) is 0 Å². The van der Waals surface area contributed by atoms with Gasteiger partial charge in [-0.2, -0.15) is 5.26 Å². The molecule has 1 aliphatic heterocycles. The van der Waals surface area contributed by atoms with Gasteiger partial charge in [0.15, 0.2) is 0 Å². The second-order valence-electron chi connectivity index (χ2n) is 4.03. The lowest BCUT2D eigenvalue weighted by Gasteiger charge is -2.14. The maximum Gasteiger partial charge on any atom is 0.336 e. The van der Waals surface area contributed by atoms with E-state index in [-0.39, 0.29) is 11.1 Å². The van der Waals surface area contributed by atoms with Crippen LogP contribution in [0.25, 0.3) is 0 Å². The number of hydrogen-bond donors (Lipinski definition) is 3. The smallest absolute Gasteiger partial charge is 0.336 e. The molecule has 3 N–H and O–H groups in total. The van der Waals surface area contributed by atoms with Crippen LogP contribution >= 0.6 is 0 Å². The predicted molar refractivity (Wildman–Crippen MR) is 71.6 cm³/mol. The SMILES string of the molecule is N#Cc1ccc(NC(=O)C2=CNCC=C2C(=O)O)cc1. The summed E-state index contributed by atoms with van der Waals surface area (Å²) in [5, 5.41) is 23.1. The lowest BCUT2D eigenvalue weighted by Crippen LogP contribution is -2.25. The Hall–Kier alpha value is -3.07. The average molecular weight is 269 g/mol. The third kappa shape index (κ3) is 2.84. The van der Waals surface area contributed by atoms with E-state index in [0.29, 0.717) is 17.8 Å². The van der Waals surface area contributed by atoms with Crippen LogP contribution in [0.2, 0.25) is 0 Å². The molecule has 6 nitrogen and oxygen atoms in total. The summed E-state index contributed by atoms with van der Waals surface area (Å²) in [5.74, 6) is -1.66. The van der Waals surface area contributed by atoms with Crippen molar-refractivity contribution < 1.29 is 14.7 Å². The number of nitriles is 1. The molecule has 0 aliphatic carbocycles. The first-order valence-electron chi connectivity index (χ1n) is 5.80. The minimum absolute atomic E-state index is 0.0325. The first kappa shape index (κ1) is 13.4. The van der Waals surface area contributed by atoms with Crippen molar-refractivity contribution in [3.63, 3.8) is 0 Å². The molecule has 0 atom stereocenters. The number of nitrogens with one attached hydrogen (secondary N) is 2. The highest BCUT2D eigenvalue weighted by atomic mass is 16.4. The molecular formula is C14H11N3O3. The highest BCUT2D eigenvalue weighted by Gasteiger charge is 2.22. The summed E-state index contributed by atoms with van der Waals surface area (Å²) in [4.78, 5) is 23.1. The number of dihydropyridines is 1. The Morgan fingerprint density at radius 3 is 2.55 bits per heavy atom. The van der Waals surface area contributed by atoms with Crippen LogP contribution in [0, 0.1) is 11.3 Å². The molecule has 100 valence electrons. The molecule has 0 bridgehead atoms. The molecule has 0 unspecified atom stereocenters. The van der Waals surface area contributed by atoms with Gasteiger partial charge in [-0.05, 0) is 24.3 Å². The van der Waals surface area contributed by atoms with Crippen molar-refractivity contribution in [2.75, 3.05) is 11.9 Å². The molecule has 0 saturated carbocycles. The van der Waals surface area contributed by atoms with E-state index in [9.17, 15) is 9.59 Å². The summed E-state index contributed by atoms with van der Waals surface area (Å²) in [6.45, 7) is 0.370. The Labute approximate surface area is 115 Å². The van der Waals surface area contributed by atoms with Gasteiger partial charge in [0.05, 0.1) is 22.8 Å². The molecule has 1 aromatic rings. The van der Waals surface area contributed by atoms with Gasteiger partial charge in [-0.25, -0.2) is 4.79 Å². The minimum atomic E-state index is -1.15. The normalized spacial score (nSPS) is 13.3. The van der Waals surface area contributed by atoms with Crippen LogP contribution in [0.1, 0.15) is 5.56 Å². The standard InChI is InChI=1S/C14H11N3O3/c15-7-9-1-3-10(4-2-9)17-13(18)12-8-16-6-5-11(12)14(19)20/h1-5,8,16H,6H2,(H,17,18)(H,19,20). The van der Waals surface area contributed by atoms with E-state index in [2.05, 4.69) is 10.6 Å². The molecule has 0 aromatic heterocycles. The molecule has 1 aliphatic rings. The van der Waals surface area contributed by atoms with Crippen molar-refractivity contribution in [2.45, 2.75) is 0 Å².